The maximum absolute atomic E-state index is 12.4. The van der Waals surface area contributed by atoms with Gasteiger partial charge in [-0.15, -0.1) is 10.2 Å². The lowest BCUT2D eigenvalue weighted by Gasteiger charge is -2.35. The lowest BCUT2D eigenvalue weighted by molar-refractivity contribution is 0.0905. The average Bonchev–Trinajstić information content (AvgIpc) is 2.86. The van der Waals surface area contributed by atoms with Crippen molar-refractivity contribution >= 4 is 5.91 Å². The van der Waals surface area contributed by atoms with Crippen LogP contribution >= 0.6 is 0 Å². The molecule has 0 bridgehead atoms. The number of aromatic nitrogens is 4. The molecule has 0 spiro atoms. The van der Waals surface area contributed by atoms with Crippen molar-refractivity contribution in [2.75, 3.05) is 14.1 Å². The molecule has 26 heavy (non-hydrogen) atoms. The fourth-order valence-electron chi connectivity index (χ4n) is 3.26. The van der Waals surface area contributed by atoms with Crippen LogP contribution in [0.1, 0.15) is 52.0 Å². The SMILES string of the molecule is Cc1cc(C(=O)NC2CC(c3nnc(CN(C)C)n3C)C2)c(=O)[nH]c1C. The molecule has 3 rings (SSSR count). The number of carbonyl (C=O) groups is 1. The molecule has 0 unspecified atom stereocenters. The molecule has 1 fully saturated rings. The van der Waals surface area contributed by atoms with E-state index in [0.29, 0.717) is 0 Å². The van der Waals surface area contributed by atoms with E-state index in [2.05, 4.69) is 25.4 Å². The topological polar surface area (TPSA) is 95.9 Å². The van der Waals surface area contributed by atoms with Crippen LogP contribution in [-0.2, 0) is 13.6 Å². The molecule has 8 nitrogen and oxygen atoms in total. The molecule has 2 aromatic rings. The zero-order chi connectivity index (χ0) is 19.0. The number of nitrogens with zero attached hydrogens (tertiary/aromatic N) is 4. The second-order valence-corrected chi connectivity index (χ2v) is 7.43. The highest BCUT2D eigenvalue weighted by Crippen LogP contribution is 2.36. The minimum Gasteiger partial charge on any atom is -0.349 e. The van der Waals surface area contributed by atoms with Gasteiger partial charge in [-0.2, -0.15) is 0 Å². The summed E-state index contributed by atoms with van der Waals surface area (Å²) >= 11 is 0. The molecule has 8 heteroatoms. The van der Waals surface area contributed by atoms with Gasteiger partial charge < -0.3 is 19.8 Å². The Kier molecular flexibility index (Phi) is 4.95. The summed E-state index contributed by atoms with van der Waals surface area (Å²) in [6.07, 6.45) is 1.62. The largest absolute Gasteiger partial charge is 0.349 e. The van der Waals surface area contributed by atoms with Crippen LogP contribution in [0.25, 0.3) is 0 Å². The van der Waals surface area contributed by atoms with E-state index >= 15 is 0 Å². The maximum atomic E-state index is 12.4. The van der Waals surface area contributed by atoms with Crippen molar-refractivity contribution in [3.05, 3.63) is 44.9 Å². The lowest BCUT2D eigenvalue weighted by Crippen LogP contribution is -2.45. The van der Waals surface area contributed by atoms with Gasteiger partial charge in [-0.1, -0.05) is 0 Å². The minimum atomic E-state index is -0.344. The number of hydrogen-bond donors (Lipinski definition) is 2. The number of H-pyrrole nitrogens is 1. The highest BCUT2D eigenvalue weighted by molar-refractivity contribution is 5.94. The first-order valence-corrected chi connectivity index (χ1v) is 8.80. The van der Waals surface area contributed by atoms with Crippen molar-refractivity contribution < 1.29 is 4.79 Å². The normalized spacial score (nSPS) is 19.5. The fourth-order valence-corrected chi connectivity index (χ4v) is 3.26. The molecule has 1 aliphatic carbocycles. The molecule has 2 N–H and O–H groups in total. The zero-order valence-corrected chi connectivity index (χ0v) is 16.0. The van der Waals surface area contributed by atoms with Gasteiger partial charge in [0.1, 0.15) is 17.2 Å². The Morgan fingerprint density at radius 2 is 2.04 bits per heavy atom. The van der Waals surface area contributed by atoms with Crippen LogP contribution < -0.4 is 10.9 Å². The van der Waals surface area contributed by atoms with Crippen molar-refractivity contribution in [3.63, 3.8) is 0 Å². The molecule has 0 radical (unpaired) electrons. The minimum absolute atomic E-state index is 0.0579. The van der Waals surface area contributed by atoms with E-state index in [1.807, 2.05) is 39.6 Å². The molecule has 0 saturated heterocycles. The van der Waals surface area contributed by atoms with Crippen molar-refractivity contribution in [2.45, 2.75) is 45.2 Å². The van der Waals surface area contributed by atoms with E-state index in [0.717, 1.165) is 42.3 Å². The van der Waals surface area contributed by atoms with Crippen LogP contribution in [0.5, 0.6) is 0 Å². The third-order valence-corrected chi connectivity index (χ3v) is 5.04. The van der Waals surface area contributed by atoms with Gasteiger partial charge in [0.05, 0.1) is 6.54 Å². The van der Waals surface area contributed by atoms with E-state index < -0.39 is 0 Å². The first kappa shape index (κ1) is 18.3. The quantitative estimate of drug-likeness (QED) is 0.826. The van der Waals surface area contributed by atoms with Crippen LogP contribution in [0.4, 0.5) is 0 Å². The average molecular weight is 358 g/mol. The highest BCUT2D eigenvalue weighted by atomic mass is 16.2. The van der Waals surface area contributed by atoms with Crippen LogP contribution in [0.3, 0.4) is 0 Å². The van der Waals surface area contributed by atoms with Crippen LogP contribution in [-0.4, -0.2) is 50.7 Å². The Bertz CT molecular complexity index is 876. The number of aromatic amines is 1. The molecule has 0 aromatic carbocycles. The molecule has 1 aliphatic rings. The fraction of sp³-hybridized carbons (Fsp3) is 0.556. The molecular formula is C18H26N6O2. The Labute approximate surface area is 152 Å². The molecule has 1 saturated carbocycles. The molecule has 140 valence electrons. The summed E-state index contributed by atoms with van der Waals surface area (Å²) in [5, 5.41) is 11.5. The monoisotopic (exact) mass is 358 g/mol. The number of carbonyl (C=O) groups excluding carboxylic acids is 1. The smallest absolute Gasteiger partial charge is 0.261 e. The first-order chi connectivity index (χ1) is 12.3. The van der Waals surface area contributed by atoms with Gasteiger partial charge in [-0.3, -0.25) is 9.59 Å². The van der Waals surface area contributed by atoms with E-state index in [9.17, 15) is 9.59 Å². The third kappa shape index (κ3) is 3.55. The van der Waals surface area contributed by atoms with Gasteiger partial charge in [0.15, 0.2) is 0 Å². The van der Waals surface area contributed by atoms with Crippen molar-refractivity contribution in [1.82, 2.24) is 30.0 Å². The second-order valence-electron chi connectivity index (χ2n) is 7.43. The molecular weight excluding hydrogens is 332 g/mol. The summed E-state index contributed by atoms with van der Waals surface area (Å²) in [5.41, 5.74) is 1.51. The van der Waals surface area contributed by atoms with Gasteiger partial charge in [-0.05, 0) is 52.4 Å². The Morgan fingerprint density at radius 3 is 2.69 bits per heavy atom. The van der Waals surface area contributed by atoms with E-state index in [1.165, 1.54) is 0 Å². The first-order valence-electron chi connectivity index (χ1n) is 8.80. The third-order valence-electron chi connectivity index (χ3n) is 5.04. The van der Waals surface area contributed by atoms with Crippen LogP contribution in [0.15, 0.2) is 10.9 Å². The van der Waals surface area contributed by atoms with E-state index in [1.54, 1.807) is 6.07 Å². The summed E-state index contributed by atoms with van der Waals surface area (Å²) in [6, 6.07) is 1.71. The number of hydrogen-bond acceptors (Lipinski definition) is 5. The van der Waals surface area contributed by atoms with Crippen molar-refractivity contribution in [1.29, 1.82) is 0 Å². The Morgan fingerprint density at radius 1 is 1.35 bits per heavy atom. The van der Waals surface area contributed by atoms with Crippen molar-refractivity contribution in [2.24, 2.45) is 7.05 Å². The van der Waals surface area contributed by atoms with E-state index in [4.69, 9.17) is 0 Å². The summed E-state index contributed by atoms with van der Waals surface area (Å²) < 4.78 is 2.04. The second kappa shape index (κ2) is 7.03. The number of rotatable bonds is 5. The summed E-state index contributed by atoms with van der Waals surface area (Å²) in [4.78, 5) is 29.2. The standard InChI is InChI=1S/C18H26N6O2/c1-10-6-14(17(25)19-11(10)2)18(26)20-13-7-12(8-13)16-22-21-15(24(16)5)9-23(3)4/h6,12-13H,7-9H2,1-5H3,(H,19,25)(H,20,26). The molecule has 0 aliphatic heterocycles. The maximum Gasteiger partial charge on any atom is 0.261 e. The highest BCUT2D eigenvalue weighted by Gasteiger charge is 2.35. The van der Waals surface area contributed by atoms with Crippen LogP contribution in [0.2, 0.25) is 0 Å². The van der Waals surface area contributed by atoms with Crippen LogP contribution in [0, 0.1) is 13.8 Å². The molecule has 0 atom stereocenters. The number of amides is 1. The molecule has 1 amide bonds. The Balaban J connectivity index is 1.61. The summed E-state index contributed by atoms with van der Waals surface area (Å²) in [5.74, 6) is 1.85. The number of aryl methyl sites for hydroxylation is 2. The molecule has 2 heterocycles. The van der Waals surface area contributed by atoms with Gasteiger partial charge in [-0.25, -0.2) is 0 Å². The zero-order valence-electron chi connectivity index (χ0n) is 16.0. The summed E-state index contributed by atoms with van der Waals surface area (Å²) in [7, 11) is 5.98. The van der Waals surface area contributed by atoms with Gasteiger partial charge >= 0.3 is 0 Å². The Hall–Kier alpha value is -2.48. The van der Waals surface area contributed by atoms with Crippen molar-refractivity contribution in [3.8, 4) is 0 Å². The lowest BCUT2D eigenvalue weighted by atomic mass is 9.79. The molecule has 2 aromatic heterocycles. The summed E-state index contributed by atoms with van der Waals surface area (Å²) in [6.45, 7) is 4.44. The van der Waals surface area contributed by atoms with Gasteiger partial charge in [0.2, 0.25) is 0 Å². The van der Waals surface area contributed by atoms with Gasteiger partial charge in [0.25, 0.3) is 11.5 Å². The number of pyridine rings is 1. The van der Waals surface area contributed by atoms with E-state index in [-0.39, 0.29) is 29.0 Å². The van der Waals surface area contributed by atoms with Gasteiger partial charge in [0, 0.05) is 24.7 Å². The number of nitrogens with one attached hydrogen (secondary N) is 2. The predicted molar refractivity (Wildman–Crippen MR) is 98.2 cm³/mol. The predicted octanol–water partition coefficient (Wildman–Crippen LogP) is 0.858.